The summed E-state index contributed by atoms with van der Waals surface area (Å²) in [6, 6.07) is 9.89. The molecule has 1 heterocycles. The van der Waals surface area contributed by atoms with Crippen molar-refractivity contribution in [2.24, 2.45) is 0 Å². The number of halogens is 3. The van der Waals surface area contributed by atoms with Gasteiger partial charge in [0.1, 0.15) is 5.82 Å². The van der Waals surface area contributed by atoms with Crippen LogP contribution in [0.4, 0.5) is 13.2 Å². The average Bonchev–Trinajstić information content (AvgIpc) is 2.86. The molecule has 20 heavy (non-hydrogen) atoms. The van der Waals surface area contributed by atoms with Gasteiger partial charge in [-0.3, -0.25) is 4.79 Å². The second-order valence-corrected chi connectivity index (χ2v) is 5.31. The lowest BCUT2D eigenvalue weighted by Crippen LogP contribution is -2.04. The van der Waals surface area contributed by atoms with E-state index in [4.69, 9.17) is 0 Å². The van der Waals surface area contributed by atoms with Crippen molar-refractivity contribution >= 4 is 27.2 Å². The molecule has 2 aromatic carbocycles. The molecule has 0 saturated heterocycles. The number of hydrogen-bond acceptors (Lipinski definition) is 2. The highest BCUT2D eigenvalue weighted by Crippen LogP contribution is 2.28. The first-order chi connectivity index (χ1) is 9.56. The Balaban J connectivity index is 2.10. The molecule has 0 radical (unpaired) electrons. The maximum absolute atomic E-state index is 13.6. The number of ketones is 1. The maximum Gasteiger partial charge on any atom is 0.206 e. The zero-order valence-corrected chi connectivity index (χ0v) is 10.8. The fraction of sp³-hybridized carbons (Fsp3) is 0. The number of fused-ring (bicyclic) bond motifs is 1. The van der Waals surface area contributed by atoms with E-state index in [2.05, 4.69) is 0 Å². The topological polar surface area (TPSA) is 17.1 Å². The molecule has 0 spiro atoms. The van der Waals surface area contributed by atoms with Crippen LogP contribution in [-0.2, 0) is 0 Å². The Morgan fingerprint density at radius 3 is 2.35 bits per heavy atom. The predicted octanol–water partition coefficient (Wildman–Crippen LogP) is 4.55. The summed E-state index contributed by atoms with van der Waals surface area (Å²) in [5.41, 5.74) is -0.463. The smallest absolute Gasteiger partial charge is 0.206 e. The van der Waals surface area contributed by atoms with Crippen LogP contribution in [0.2, 0.25) is 0 Å². The summed E-state index contributed by atoms with van der Waals surface area (Å²) in [6.07, 6.45) is 0. The van der Waals surface area contributed by atoms with Gasteiger partial charge in [-0.05, 0) is 23.6 Å². The van der Waals surface area contributed by atoms with Crippen molar-refractivity contribution < 1.29 is 18.0 Å². The standard InChI is InChI=1S/C15H7F3OS/c16-10-7-12(18)11(17)6-9(10)15(19)14-5-8-3-1-2-4-13(8)20-14/h1-7H. The number of benzene rings is 2. The Bertz CT molecular complexity index is 790. The number of thiophene rings is 1. The summed E-state index contributed by atoms with van der Waals surface area (Å²) in [4.78, 5) is 12.5. The van der Waals surface area contributed by atoms with Crippen LogP contribution in [0.25, 0.3) is 10.1 Å². The number of rotatable bonds is 2. The van der Waals surface area contributed by atoms with Gasteiger partial charge in [0.25, 0.3) is 0 Å². The van der Waals surface area contributed by atoms with Crippen LogP contribution in [0, 0.1) is 17.5 Å². The molecule has 1 aromatic heterocycles. The summed E-state index contributed by atoms with van der Waals surface area (Å²) in [5, 5.41) is 0.851. The van der Waals surface area contributed by atoms with Gasteiger partial charge in [-0.25, -0.2) is 13.2 Å². The van der Waals surface area contributed by atoms with Crippen LogP contribution in [0.1, 0.15) is 15.2 Å². The number of carbonyl (C=O) groups excluding carboxylic acids is 1. The molecule has 0 N–H and O–H groups in total. The van der Waals surface area contributed by atoms with Crippen molar-refractivity contribution in [2.75, 3.05) is 0 Å². The Labute approximate surface area is 116 Å². The van der Waals surface area contributed by atoms with Gasteiger partial charge < -0.3 is 0 Å². The van der Waals surface area contributed by atoms with Gasteiger partial charge in [0.2, 0.25) is 5.78 Å². The lowest BCUT2D eigenvalue weighted by molar-refractivity contribution is 0.103. The predicted molar refractivity (Wildman–Crippen MR) is 71.6 cm³/mol. The van der Waals surface area contributed by atoms with Crippen LogP contribution in [-0.4, -0.2) is 5.78 Å². The summed E-state index contributed by atoms with van der Waals surface area (Å²) in [6.45, 7) is 0. The van der Waals surface area contributed by atoms with E-state index in [1.807, 2.05) is 24.3 Å². The lowest BCUT2D eigenvalue weighted by Gasteiger charge is -2.01. The highest BCUT2D eigenvalue weighted by molar-refractivity contribution is 7.21. The first kappa shape index (κ1) is 12.9. The molecule has 0 saturated carbocycles. The Hall–Kier alpha value is -2.14. The molecule has 3 rings (SSSR count). The van der Waals surface area contributed by atoms with Crippen molar-refractivity contribution in [3.8, 4) is 0 Å². The minimum Gasteiger partial charge on any atom is -0.288 e. The molecule has 0 unspecified atom stereocenters. The third-order valence-electron chi connectivity index (χ3n) is 2.90. The molecule has 100 valence electrons. The van der Waals surface area contributed by atoms with Crippen LogP contribution in [0.5, 0.6) is 0 Å². The summed E-state index contributed by atoms with van der Waals surface area (Å²) in [5.74, 6) is -4.26. The van der Waals surface area contributed by atoms with Crippen LogP contribution in [0.3, 0.4) is 0 Å². The van der Waals surface area contributed by atoms with E-state index in [-0.39, 0.29) is 4.88 Å². The Morgan fingerprint density at radius 2 is 1.60 bits per heavy atom. The normalized spacial score (nSPS) is 10.9. The maximum atomic E-state index is 13.6. The van der Waals surface area contributed by atoms with Crippen molar-refractivity contribution in [3.05, 3.63) is 70.4 Å². The van der Waals surface area contributed by atoms with Crippen molar-refractivity contribution in [2.45, 2.75) is 0 Å². The minimum absolute atomic E-state index is 0.288. The first-order valence-electron chi connectivity index (χ1n) is 5.74. The molecule has 0 amide bonds. The van der Waals surface area contributed by atoms with E-state index >= 15 is 0 Å². The lowest BCUT2D eigenvalue weighted by atomic mass is 10.1. The van der Waals surface area contributed by atoms with Crippen molar-refractivity contribution in [1.82, 2.24) is 0 Å². The van der Waals surface area contributed by atoms with Gasteiger partial charge in [-0.2, -0.15) is 0 Å². The fourth-order valence-corrected chi connectivity index (χ4v) is 2.94. The molecule has 0 fully saturated rings. The molecular formula is C15H7F3OS. The molecule has 1 nitrogen and oxygen atoms in total. The largest absolute Gasteiger partial charge is 0.288 e. The van der Waals surface area contributed by atoms with E-state index in [1.165, 1.54) is 11.3 Å². The zero-order chi connectivity index (χ0) is 14.3. The summed E-state index contributed by atoms with van der Waals surface area (Å²) < 4.78 is 40.5. The molecular weight excluding hydrogens is 285 g/mol. The second kappa shape index (κ2) is 4.76. The van der Waals surface area contributed by atoms with Gasteiger partial charge in [0, 0.05) is 10.8 Å². The monoisotopic (exact) mass is 292 g/mol. The van der Waals surface area contributed by atoms with E-state index in [0.29, 0.717) is 12.1 Å². The quantitative estimate of drug-likeness (QED) is 0.500. The SMILES string of the molecule is O=C(c1cc2ccccc2s1)c1cc(F)c(F)cc1F. The zero-order valence-electron chi connectivity index (χ0n) is 9.99. The van der Waals surface area contributed by atoms with Crippen molar-refractivity contribution in [1.29, 1.82) is 0 Å². The van der Waals surface area contributed by atoms with Crippen molar-refractivity contribution in [3.63, 3.8) is 0 Å². The molecule has 3 aromatic rings. The highest BCUT2D eigenvalue weighted by atomic mass is 32.1. The Morgan fingerprint density at radius 1 is 0.900 bits per heavy atom. The summed E-state index contributed by atoms with van der Waals surface area (Å²) in [7, 11) is 0. The molecule has 0 aliphatic rings. The Kier molecular flexibility index (Phi) is 3.06. The third-order valence-corrected chi connectivity index (χ3v) is 4.02. The van der Waals surface area contributed by atoms with Gasteiger partial charge in [0.15, 0.2) is 11.6 Å². The van der Waals surface area contributed by atoms with E-state index in [9.17, 15) is 18.0 Å². The second-order valence-electron chi connectivity index (χ2n) is 4.22. The van der Waals surface area contributed by atoms with Gasteiger partial charge in [-0.1, -0.05) is 18.2 Å². The molecule has 0 aliphatic carbocycles. The highest BCUT2D eigenvalue weighted by Gasteiger charge is 2.19. The summed E-state index contributed by atoms with van der Waals surface area (Å²) >= 11 is 1.19. The molecule has 5 heteroatoms. The average molecular weight is 292 g/mol. The minimum atomic E-state index is -1.31. The number of carbonyl (C=O) groups is 1. The van der Waals surface area contributed by atoms with Crippen LogP contribution >= 0.6 is 11.3 Å². The van der Waals surface area contributed by atoms with Crippen LogP contribution in [0.15, 0.2) is 42.5 Å². The van der Waals surface area contributed by atoms with E-state index in [1.54, 1.807) is 6.07 Å². The van der Waals surface area contributed by atoms with Crippen LogP contribution < -0.4 is 0 Å². The van der Waals surface area contributed by atoms with Gasteiger partial charge in [0.05, 0.1) is 10.4 Å². The molecule has 0 atom stereocenters. The third kappa shape index (κ3) is 2.10. The van der Waals surface area contributed by atoms with E-state index < -0.39 is 28.8 Å². The van der Waals surface area contributed by atoms with Gasteiger partial charge in [-0.15, -0.1) is 11.3 Å². The molecule has 0 aliphatic heterocycles. The fourth-order valence-electron chi connectivity index (χ4n) is 1.92. The van der Waals surface area contributed by atoms with Gasteiger partial charge >= 0.3 is 0 Å². The van der Waals surface area contributed by atoms with E-state index in [0.717, 1.165) is 10.1 Å². The molecule has 0 bridgehead atoms. The first-order valence-corrected chi connectivity index (χ1v) is 6.56. The number of hydrogen-bond donors (Lipinski definition) is 0.